The van der Waals surface area contributed by atoms with Gasteiger partial charge < -0.3 is 14.6 Å². The number of aromatic nitrogens is 4. The Balaban J connectivity index is 1.56. The SMILES string of the molecule is CCOc1ccccc1-c1noc(CNCCn2cc(C)cn2)n1. The summed E-state index contributed by atoms with van der Waals surface area (Å²) in [6.07, 6.45) is 3.86. The highest BCUT2D eigenvalue weighted by atomic mass is 16.5. The van der Waals surface area contributed by atoms with Crippen molar-refractivity contribution >= 4 is 0 Å². The Morgan fingerprint density at radius 2 is 2.17 bits per heavy atom. The van der Waals surface area contributed by atoms with Crippen molar-refractivity contribution in [2.75, 3.05) is 13.2 Å². The van der Waals surface area contributed by atoms with Crippen molar-refractivity contribution in [3.05, 3.63) is 48.1 Å². The van der Waals surface area contributed by atoms with Crippen LogP contribution in [0.25, 0.3) is 11.4 Å². The first kappa shape index (κ1) is 16.2. The van der Waals surface area contributed by atoms with Crippen LogP contribution in [-0.2, 0) is 13.1 Å². The van der Waals surface area contributed by atoms with E-state index in [0.29, 0.717) is 24.9 Å². The Kier molecular flexibility index (Phi) is 5.22. The molecule has 0 saturated heterocycles. The van der Waals surface area contributed by atoms with Gasteiger partial charge in [-0.2, -0.15) is 10.1 Å². The third-order valence-electron chi connectivity index (χ3n) is 3.45. The van der Waals surface area contributed by atoms with E-state index in [1.807, 2.05) is 55.2 Å². The molecule has 0 saturated carbocycles. The molecule has 7 heteroatoms. The lowest BCUT2D eigenvalue weighted by atomic mass is 10.2. The van der Waals surface area contributed by atoms with Crippen LogP contribution in [0.2, 0.25) is 0 Å². The average molecular weight is 327 g/mol. The van der Waals surface area contributed by atoms with Crippen LogP contribution in [-0.4, -0.2) is 33.1 Å². The van der Waals surface area contributed by atoms with E-state index in [-0.39, 0.29) is 0 Å². The minimum Gasteiger partial charge on any atom is -0.493 e. The Labute approximate surface area is 140 Å². The molecule has 126 valence electrons. The molecule has 3 aromatic rings. The normalized spacial score (nSPS) is 10.9. The fourth-order valence-corrected chi connectivity index (χ4v) is 2.35. The molecule has 0 fully saturated rings. The molecule has 0 amide bonds. The third-order valence-corrected chi connectivity index (χ3v) is 3.45. The zero-order valence-corrected chi connectivity index (χ0v) is 13.9. The van der Waals surface area contributed by atoms with E-state index in [2.05, 4.69) is 20.6 Å². The molecule has 1 aromatic carbocycles. The second-order valence-electron chi connectivity index (χ2n) is 5.40. The van der Waals surface area contributed by atoms with Gasteiger partial charge >= 0.3 is 0 Å². The molecule has 0 spiro atoms. The van der Waals surface area contributed by atoms with Gasteiger partial charge in [0.2, 0.25) is 11.7 Å². The summed E-state index contributed by atoms with van der Waals surface area (Å²) in [6.45, 7) is 6.65. The van der Waals surface area contributed by atoms with E-state index in [9.17, 15) is 0 Å². The molecule has 0 bridgehead atoms. The fraction of sp³-hybridized carbons (Fsp3) is 0.353. The van der Waals surface area contributed by atoms with Gasteiger partial charge in [0.15, 0.2) is 0 Å². The van der Waals surface area contributed by atoms with Crippen LogP contribution < -0.4 is 10.1 Å². The summed E-state index contributed by atoms with van der Waals surface area (Å²) in [4.78, 5) is 4.43. The van der Waals surface area contributed by atoms with Crippen LogP contribution in [0.5, 0.6) is 5.75 Å². The summed E-state index contributed by atoms with van der Waals surface area (Å²) in [5.41, 5.74) is 1.99. The van der Waals surface area contributed by atoms with Crippen molar-refractivity contribution < 1.29 is 9.26 Å². The molecule has 0 aliphatic heterocycles. The Hall–Kier alpha value is -2.67. The van der Waals surface area contributed by atoms with Crippen LogP contribution in [0.15, 0.2) is 41.2 Å². The van der Waals surface area contributed by atoms with E-state index in [4.69, 9.17) is 9.26 Å². The summed E-state index contributed by atoms with van der Waals surface area (Å²) < 4.78 is 12.8. The third kappa shape index (κ3) is 3.99. The maximum absolute atomic E-state index is 5.60. The van der Waals surface area contributed by atoms with Crippen LogP contribution in [0.4, 0.5) is 0 Å². The topological polar surface area (TPSA) is 78.0 Å². The highest BCUT2D eigenvalue weighted by Crippen LogP contribution is 2.27. The number of aryl methyl sites for hydroxylation is 1. The van der Waals surface area contributed by atoms with Crippen LogP contribution in [0.1, 0.15) is 18.4 Å². The molecular formula is C17H21N5O2. The second-order valence-corrected chi connectivity index (χ2v) is 5.40. The number of nitrogens with one attached hydrogen (secondary N) is 1. The molecule has 2 aromatic heterocycles. The van der Waals surface area contributed by atoms with Gasteiger partial charge in [-0.3, -0.25) is 4.68 Å². The van der Waals surface area contributed by atoms with E-state index in [1.165, 1.54) is 0 Å². The van der Waals surface area contributed by atoms with Gasteiger partial charge in [0.1, 0.15) is 5.75 Å². The number of ether oxygens (including phenoxy) is 1. The molecule has 0 atom stereocenters. The van der Waals surface area contributed by atoms with Gasteiger partial charge in [0.05, 0.1) is 31.5 Å². The molecule has 0 radical (unpaired) electrons. The van der Waals surface area contributed by atoms with Gasteiger partial charge in [-0.05, 0) is 31.5 Å². The quantitative estimate of drug-likeness (QED) is 0.640. The molecule has 2 heterocycles. The van der Waals surface area contributed by atoms with Crippen molar-refractivity contribution in [1.29, 1.82) is 0 Å². The average Bonchev–Trinajstić information content (AvgIpc) is 3.22. The van der Waals surface area contributed by atoms with E-state index in [1.54, 1.807) is 0 Å². The maximum atomic E-state index is 5.60. The van der Waals surface area contributed by atoms with E-state index < -0.39 is 0 Å². The van der Waals surface area contributed by atoms with E-state index in [0.717, 1.165) is 30.0 Å². The van der Waals surface area contributed by atoms with Crippen molar-refractivity contribution in [1.82, 2.24) is 25.2 Å². The maximum Gasteiger partial charge on any atom is 0.240 e. The number of nitrogens with zero attached hydrogens (tertiary/aromatic N) is 4. The van der Waals surface area contributed by atoms with Gasteiger partial charge in [0.25, 0.3) is 0 Å². The molecule has 0 aliphatic rings. The first-order valence-electron chi connectivity index (χ1n) is 8.01. The predicted octanol–water partition coefficient (Wildman–Crippen LogP) is 2.43. The van der Waals surface area contributed by atoms with Crippen molar-refractivity contribution in [2.45, 2.75) is 26.9 Å². The zero-order valence-electron chi connectivity index (χ0n) is 13.9. The zero-order chi connectivity index (χ0) is 16.8. The number of hydrogen-bond acceptors (Lipinski definition) is 6. The highest BCUT2D eigenvalue weighted by Gasteiger charge is 2.12. The summed E-state index contributed by atoms with van der Waals surface area (Å²) in [5, 5.41) is 11.6. The summed E-state index contributed by atoms with van der Waals surface area (Å²) in [7, 11) is 0. The van der Waals surface area contributed by atoms with Crippen molar-refractivity contribution in [3.8, 4) is 17.1 Å². The largest absolute Gasteiger partial charge is 0.493 e. The van der Waals surface area contributed by atoms with Crippen LogP contribution >= 0.6 is 0 Å². The predicted molar refractivity (Wildman–Crippen MR) is 89.6 cm³/mol. The summed E-state index contributed by atoms with van der Waals surface area (Å²) in [6, 6.07) is 7.68. The molecule has 24 heavy (non-hydrogen) atoms. The molecule has 1 N–H and O–H groups in total. The Morgan fingerprint density at radius 1 is 1.29 bits per heavy atom. The number of rotatable bonds is 8. The lowest BCUT2D eigenvalue weighted by Crippen LogP contribution is -2.19. The van der Waals surface area contributed by atoms with Crippen molar-refractivity contribution in [3.63, 3.8) is 0 Å². The monoisotopic (exact) mass is 327 g/mol. The van der Waals surface area contributed by atoms with Crippen LogP contribution in [0.3, 0.4) is 0 Å². The second kappa shape index (κ2) is 7.74. The van der Waals surface area contributed by atoms with Crippen molar-refractivity contribution in [2.24, 2.45) is 0 Å². The molecule has 7 nitrogen and oxygen atoms in total. The van der Waals surface area contributed by atoms with Gasteiger partial charge in [-0.1, -0.05) is 17.3 Å². The smallest absolute Gasteiger partial charge is 0.240 e. The molecule has 0 unspecified atom stereocenters. The fourth-order valence-electron chi connectivity index (χ4n) is 2.35. The highest BCUT2D eigenvalue weighted by molar-refractivity contribution is 5.63. The van der Waals surface area contributed by atoms with E-state index >= 15 is 0 Å². The standard InChI is InChI=1S/C17H21N5O2/c1-3-23-15-7-5-4-6-14(15)17-20-16(24-21-17)11-18-8-9-22-12-13(2)10-19-22/h4-7,10,12,18H,3,8-9,11H2,1-2H3. The molecule has 0 aliphatic carbocycles. The minimum atomic E-state index is 0.518. The molecular weight excluding hydrogens is 306 g/mol. The summed E-state index contributed by atoms with van der Waals surface area (Å²) in [5.74, 6) is 1.85. The molecule has 3 rings (SSSR count). The lowest BCUT2D eigenvalue weighted by Gasteiger charge is -2.06. The number of para-hydroxylation sites is 1. The lowest BCUT2D eigenvalue weighted by molar-refractivity contribution is 0.340. The first-order valence-corrected chi connectivity index (χ1v) is 8.01. The minimum absolute atomic E-state index is 0.518. The van der Waals surface area contributed by atoms with Crippen LogP contribution in [0, 0.1) is 6.92 Å². The van der Waals surface area contributed by atoms with Gasteiger partial charge in [-0.25, -0.2) is 0 Å². The Morgan fingerprint density at radius 3 is 2.96 bits per heavy atom. The Bertz CT molecular complexity index is 781. The summed E-state index contributed by atoms with van der Waals surface area (Å²) >= 11 is 0. The number of benzene rings is 1. The number of hydrogen-bond donors (Lipinski definition) is 1. The first-order chi connectivity index (χ1) is 11.8. The van der Waals surface area contributed by atoms with Gasteiger partial charge in [-0.15, -0.1) is 0 Å². The van der Waals surface area contributed by atoms with Gasteiger partial charge in [0, 0.05) is 12.7 Å².